The Hall–Kier alpha value is -0.690. The van der Waals surface area contributed by atoms with Crippen LogP contribution in [-0.2, 0) is 4.79 Å². The molecule has 1 heterocycles. The van der Waals surface area contributed by atoms with Crippen molar-refractivity contribution in [2.75, 3.05) is 6.61 Å². The maximum absolute atomic E-state index is 10.6. The minimum absolute atomic E-state index is 0.345. The van der Waals surface area contributed by atoms with Crippen LogP contribution in [0.15, 0.2) is 0 Å². The van der Waals surface area contributed by atoms with E-state index in [1.54, 1.807) is 0 Å². The van der Waals surface area contributed by atoms with E-state index in [0.29, 0.717) is 0 Å². The van der Waals surface area contributed by atoms with Gasteiger partial charge in [-0.3, -0.25) is 10.1 Å². The van der Waals surface area contributed by atoms with Gasteiger partial charge in [-0.2, -0.15) is 0 Å². The lowest BCUT2D eigenvalue weighted by Crippen LogP contribution is -2.45. The standard InChI is InChI=1S/C6H12N2O4/c7-6(12)3-5(11)4(10)2(1-9)8-3/h2-5,8-11H,1H2,(H2,7,12)/t2-,3+,4-,5+/m0/s1. The number of primary amides is 1. The van der Waals surface area contributed by atoms with Gasteiger partial charge in [-0.05, 0) is 0 Å². The SMILES string of the molecule is NC(=O)[C@@H]1N[C@@H](CO)[C@H](O)[C@@H]1O. The van der Waals surface area contributed by atoms with Gasteiger partial charge in [0, 0.05) is 0 Å². The fourth-order valence-corrected chi connectivity index (χ4v) is 1.27. The van der Waals surface area contributed by atoms with Crippen LogP contribution >= 0.6 is 0 Å². The summed E-state index contributed by atoms with van der Waals surface area (Å²) >= 11 is 0. The van der Waals surface area contributed by atoms with Crippen LogP contribution < -0.4 is 11.1 Å². The fourth-order valence-electron chi connectivity index (χ4n) is 1.27. The number of nitrogens with one attached hydrogen (secondary N) is 1. The first-order valence-corrected chi connectivity index (χ1v) is 3.60. The molecular weight excluding hydrogens is 164 g/mol. The molecule has 1 aliphatic heterocycles. The highest BCUT2D eigenvalue weighted by Gasteiger charge is 2.43. The third-order valence-corrected chi connectivity index (χ3v) is 2.00. The number of hydrogen-bond acceptors (Lipinski definition) is 5. The first kappa shape index (κ1) is 9.40. The van der Waals surface area contributed by atoms with Gasteiger partial charge in [-0.25, -0.2) is 0 Å². The summed E-state index contributed by atoms with van der Waals surface area (Å²) in [6.45, 7) is -0.345. The summed E-state index contributed by atoms with van der Waals surface area (Å²) in [7, 11) is 0. The molecule has 0 aromatic carbocycles. The molecule has 0 spiro atoms. The molecule has 6 heteroatoms. The van der Waals surface area contributed by atoms with Crippen LogP contribution in [0.25, 0.3) is 0 Å². The molecule has 12 heavy (non-hydrogen) atoms. The van der Waals surface area contributed by atoms with Gasteiger partial charge in [-0.1, -0.05) is 0 Å². The summed E-state index contributed by atoms with van der Waals surface area (Å²) in [6, 6.07) is -1.66. The predicted molar refractivity (Wildman–Crippen MR) is 39.0 cm³/mol. The summed E-state index contributed by atoms with van der Waals surface area (Å²) in [5.74, 6) is -0.738. The van der Waals surface area contributed by atoms with Gasteiger partial charge in [-0.15, -0.1) is 0 Å². The van der Waals surface area contributed by atoms with Crippen molar-refractivity contribution in [3.63, 3.8) is 0 Å². The molecule has 1 saturated heterocycles. The zero-order valence-corrected chi connectivity index (χ0v) is 6.34. The number of hydrogen-bond donors (Lipinski definition) is 5. The number of aliphatic hydroxyl groups is 3. The zero-order valence-electron chi connectivity index (χ0n) is 6.34. The summed E-state index contributed by atoms with van der Waals surface area (Å²) < 4.78 is 0. The van der Waals surface area contributed by atoms with Gasteiger partial charge in [0.15, 0.2) is 0 Å². The summed E-state index contributed by atoms with van der Waals surface area (Å²) in [6.07, 6.45) is -2.38. The molecule has 4 atom stereocenters. The van der Waals surface area contributed by atoms with E-state index >= 15 is 0 Å². The largest absolute Gasteiger partial charge is 0.395 e. The monoisotopic (exact) mass is 176 g/mol. The lowest BCUT2D eigenvalue weighted by atomic mass is 10.1. The van der Waals surface area contributed by atoms with E-state index in [2.05, 4.69) is 5.32 Å². The maximum atomic E-state index is 10.6. The second-order valence-corrected chi connectivity index (χ2v) is 2.82. The lowest BCUT2D eigenvalue weighted by Gasteiger charge is -2.12. The van der Waals surface area contributed by atoms with Gasteiger partial charge in [0.25, 0.3) is 0 Å². The molecule has 0 radical (unpaired) electrons. The first-order valence-electron chi connectivity index (χ1n) is 3.60. The van der Waals surface area contributed by atoms with E-state index in [1.807, 2.05) is 0 Å². The Morgan fingerprint density at radius 2 is 2.00 bits per heavy atom. The van der Waals surface area contributed by atoms with Gasteiger partial charge in [0.05, 0.1) is 18.8 Å². The molecule has 0 aromatic rings. The Bertz CT molecular complexity index is 186. The van der Waals surface area contributed by atoms with E-state index < -0.39 is 30.2 Å². The highest BCUT2D eigenvalue weighted by molar-refractivity contribution is 5.81. The molecule has 70 valence electrons. The second kappa shape index (κ2) is 3.36. The summed E-state index contributed by atoms with van der Waals surface area (Å²) in [4.78, 5) is 10.6. The Morgan fingerprint density at radius 1 is 1.42 bits per heavy atom. The van der Waals surface area contributed by atoms with Crippen LogP contribution in [0.4, 0.5) is 0 Å². The molecule has 1 rings (SSSR count). The highest BCUT2D eigenvalue weighted by atomic mass is 16.3. The Labute approximate surface area is 69.0 Å². The highest BCUT2D eigenvalue weighted by Crippen LogP contribution is 2.13. The van der Waals surface area contributed by atoms with Gasteiger partial charge in [0.2, 0.25) is 5.91 Å². The smallest absolute Gasteiger partial charge is 0.237 e. The molecule has 0 saturated carbocycles. The second-order valence-electron chi connectivity index (χ2n) is 2.82. The number of aliphatic hydroxyl groups excluding tert-OH is 3. The van der Waals surface area contributed by atoms with E-state index in [1.165, 1.54) is 0 Å². The number of nitrogens with two attached hydrogens (primary N) is 1. The number of amides is 1. The predicted octanol–water partition coefficient (Wildman–Crippen LogP) is -3.47. The molecular formula is C6H12N2O4. The average Bonchev–Trinajstić information content (AvgIpc) is 2.30. The Balaban J connectivity index is 2.66. The van der Waals surface area contributed by atoms with E-state index in [0.717, 1.165) is 0 Å². The third kappa shape index (κ3) is 1.42. The quantitative estimate of drug-likeness (QED) is 0.300. The molecule has 0 aliphatic carbocycles. The molecule has 0 bridgehead atoms. The van der Waals surface area contributed by atoms with Crippen LogP contribution in [0.2, 0.25) is 0 Å². The molecule has 1 amide bonds. The van der Waals surface area contributed by atoms with Crippen LogP contribution in [0, 0.1) is 0 Å². The van der Waals surface area contributed by atoms with Crippen LogP contribution in [0.5, 0.6) is 0 Å². The molecule has 0 aromatic heterocycles. The number of carbonyl (C=O) groups is 1. The van der Waals surface area contributed by atoms with Crippen molar-refractivity contribution in [3.05, 3.63) is 0 Å². The van der Waals surface area contributed by atoms with Gasteiger partial charge < -0.3 is 21.1 Å². The van der Waals surface area contributed by atoms with Crippen LogP contribution in [-0.4, -0.2) is 52.1 Å². The lowest BCUT2D eigenvalue weighted by molar-refractivity contribution is -0.122. The molecule has 0 unspecified atom stereocenters. The average molecular weight is 176 g/mol. The molecule has 6 N–H and O–H groups in total. The van der Waals surface area contributed by atoms with Gasteiger partial charge in [0.1, 0.15) is 12.1 Å². The van der Waals surface area contributed by atoms with Crippen LogP contribution in [0.1, 0.15) is 0 Å². The summed E-state index contributed by atoms with van der Waals surface area (Å²) in [5.41, 5.74) is 4.91. The topological polar surface area (TPSA) is 116 Å². The normalized spacial score (nSPS) is 41.6. The Kier molecular flexibility index (Phi) is 2.63. The molecule has 1 aliphatic rings. The molecule has 6 nitrogen and oxygen atoms in total. The van der Waals surface area contributed by atoms with Crippen molar-refractivity contribution in [1.82, 2.24) is 5.32 Å². The zero-order chi connectivity index (χ0) is 9.30. The van der Waals surface area contributed by atoms with Crippen molar-refractivity contribution < 1.29 is 20.1 Å². The first-order chi connectivity index (χ1) is 5.57. The molecule has 1 fully saturated rings. The number of rotatable bonds is 2. The van der Waals surface area contributed by atoms with E-state index in [4.69, 9.17) is 10.8 Å². The minimum atomic E-state index is -1.24. The van der Waals surface area contributed by atoms with E-state index in [-0.39, 0.29) is 6.61 Å². The van der Waals surface area contributed by atoms with Crippen LogP contribution in [0.3, 0.4) is 0 Å². The van der Waals surface area contributed by atoms with Crippen molar-refractivity contribution in [3.8, 4) is 0 Å². The number of carbonyl (C=O) groups excluding carboxylic acids is 1. The van der Waals surface area contributed by atoms with Crippen molar-refractivity contribution in [2.45, 2.75) is 24.3 Å². The Morgan fingerprint density at radius 3 is 2.25 bits per heavy atom. The maximum Gasteiger partial charge on any atom is 0.237 e. The van der Waals surface area contributed by atoms with Crippen molar-refractivity contribution in [1.29, 1.82) is 0 Å². The minimum Gasteiger partial charge on any atom is -0.395 e. The third-order valence-electron chi connectivity index (χ3n) is 2.00. The summed E-state index contributed by atoms with van der Waals surface area (Å²) in [5, 5.41) is 29.6. The van der Waals surface area contributed by atoms with E-state index in [9.17, 15) is 15.0 Å². The van der Waals surface area contributed by atoms with Gasteiger partial charge >= 0.3 is 0 Å². The fraction of sp³-hybridized carbons (Fsp3) is 0.833. The van der Waals surface area contributed by atoms with Crippen molar-refractivity contribution in [2.24, 2.45) is 5.73 Å². The van der Waals surface area contributed by atoms with Crippen molar-refractivity contribution >= 4 is 5.91 Å².